The number of hydrogen-bond acceptors (Lipinski definition) is 6. The lowest BCUT2D eigenvalue weighted by Crippen LogP contribution is -2.48. The minimum atomic E-state index is 0.0475. The summed E-state index contributed by atoms with van der Waals surface area (Å²) in [5.74, 6) is 1.06. The van der Waals surface area contributed by atoms with Gasteiger partial charge in [0.25, 0.3) is 0 Å². The molecule has 0 N–H and O–H groups in total. The highest BCUT2D eigenvalue weighted by Crippen LogP contribution is 2.33. The van der Waals surface area contributed by atoms with Gasteiger partial charge < -0.3 is 9.80 Å². The highest BCUT2D eigenvalue weighted by molar-refractivity contribution is 6.00. The third-order valence-electron chi connectivity index (χ3n) is 5.57. The summed E-state index contributed by atoms with van der Waals surface area (Å²) in [6.45, 7) is 7.36. The van der Waals surface area contributed by atoms with Crippen molar-refractivity contribution in [3.05, 3.63) is 47.9 Å². The van der Waals surface area contributed by atoms with Gasteiger partial charge in [-0.2, -0.15) is 0 Å². The van der Waals surface area contributed by atoms with E-state index >= 15 is 0 Å². The van der Waals surface area contributed by atoms with Crippen LogP contribution in [0.5, 0.6) is 0 Å². The van der Waals surface area contributed by atoms with Crippen molar-refractivity contribution in [3.63, 3.8) is 0 Å². The van der Waals surface area contributed by atoms with Gasteiger partial charge in [-0.25, -0.2) is 4.98 Å². The van der Waals surface area contributed by atoms with Gasteiger partial charge in [0, 0.05) is 62.8 Å². The molecular formula is C21H25N5O2. The third-order valence-corrected chi connectivity index (χ3v) is 5.57. The molecule has 0 aliphatic carbocycles. The van der Waals surface area contributed by atoms with Crippen LogP contribution in [0.2, 0.25) is 0 Å². The maximum absolute atomic E-state index is 12.8. The Hall–Kier alpha value is -2.80. The lowest BCUT2D eigenvalue weighted by molar-refractivity contribution is -0.116. The zero-order valence-electron chi connectivity index (χ0n) is 16.3. The van der Waals surface area contributed by atoms with Gasteiger partial charge in [0.05, 0.1) is 12.7 Å². The maximum Gasteiger partial charge on any atom is 0.224 e. The molecule has 1 atom stereocenters. The highest BCUT2D eigenvalue weighted by atomic mass is 16.2. The number of ketones is 1. The highest BCUT2D eigenvalue weighted by Gasteiger charge is 2.29. The predicted molar refractivity (Wildman–Crippen MR) is 108 cm³/mol. The number of hydrogen-bond donors (Lipinski definition) is 0. The quantitative estimate of drug-likeness (QED) is 0.755. The van der Waals surface area contributed by atoms with Crippen molar-refractivity contribution in [2.75, 3.05) is 42.5 Å². The number of carbonyl (C=O) groups excluding carboxylic acids is 2. The molecule has 28 heavy (non-hydrogen) atoms. The molecule has 0 saturated carbocycles. The fraction of sp³-hybridized carbons (Fsp3) is 0.429. The molecule has 0 spiro atoms. The van der Waals surface area contributed by atoms with Crippen LogP contribution in [0.15, 0.2) is 36.8 Å². The number of piperazine rings is 1. The Labute approximate surface area is 165 Å². The molecule has 0 bridgehead atoms. The average Bonchev–Trinajstić information content (AvgIpc) is 3.04. The smallest absolute Gasteiger partial charge is 0.224 e. The fourth-order valence-electron chi connectivity index (χ4n) is 4.17. The van der Waals surface area contributed by atoms with Crippen LogP contribution >= 0.6 is 0 Å². The summed E-state index contributed by atoms with van der Waals surface area (Å²) in [7, 11) is 0. The van der Waals surface area contributed by atoms with Crippen molar-refractivity contribution >= 4 is 23.2 Å². The normalized spacial score (nSPS) is 19.6. The van der Waals surface area contributed by atoms with Crippen LogP contribution in [0.25, 0.3) is 0 Å². The number of aromatic nitrogens is 2. The Morgan fingerprint density at radius 2 is 1.93 bits per heavy atom. The van der Waals surface area contributed by atoms with Crippen LogP contribution in [-0.2, 0) is 11.2 Å². The minimum Gasteiger partial charge on any atom is -0.353 e. The molecule has 2 aliphatic heterocycles. The number of Topliss-reactive ketones (excluding diaryl/α,β-unsaturated/α-hetero) is 1. The first-order chi connectivity index (χ1) is 13.5. The molecule has 7 heteroatoms. The van der Waals surface area contributed by atoms with Crippen LogP contribution in [0.3, 0.4) is 0 Å². The van der Waals surface area contributed by atoms with Gasteiger partial charge in [0.1, 0.15) is 5.82 Å². The van der Waals surface area contributed by atoms with Crippen LogP contribution in [0.1, 0.15) is 29.8 Å². The van der Waals surface area contributed by atoms with Gasteiger partial charge in [-0.05, 0) is 37.1 Å². The van der Waals surface area contributed by atoms with Crippen molar-refractivity contribution in [1.29, 1.82) is 0 Å². The standard InChI is InChI=1S/C21H25N5O2/c1-15-11-18-12-17(3-4-19(18)26(15)16(2)27)20(28)14-24-7-9-25(10-8-24)21-13-22-5-6-23-21/h3-6,12-13,15H,7-11,14H2,1-2H3/t15-/m0/s1. The SMILES string of the molecule is CC(=O)N1c2ccc(C(=O)CN3CCN(c4cnccn4)CC3)cc2C[C@@H]1C. The molecular weight excluding hydrogens is 354 g/mol. The largest absolute Gasteiger partial charge is 0.353 e. The van der Waals surface area contributed by atoms with Gasteiger partial charge in [0.2, 0.25) is 5.91 Å². The van der Waals surface area contributed by atoms with Crippen LogP contribution in [-0.4, -0.2) is 65.3 Å². The van der Waals surface area contributed by atoms with E-state index in [4.69, 9.17) is 0 Å². The van der Waals surface area contributed by atoms with E-state index in [1.807, 2.05) is 30.0 Å². The van der Waals surface area contributed by atoms with Gasteiger partial charge in [-0.3, -0.25) is 19.5 Å². The Kier molecular flexibility index (Phi) is 5.09. The summed E-state index contributed by atoms with van der Waals surface area (Å²) in [6, 6.07) is 5.88. The van der Waals surface area contributed by atoms with E-state index in [1.54, 1.807) is 25.5 Å². The zero-order chi connectivity index (χ0) is 19.7. The molecule has 2 aromatic rings. The molecule has 1 fully saturated rings. The average molecular weight is 379 g/mol. The number of fused-ring (bicyclic) bond motifs is 1. The van der Waals surface area contributed by atoms with Crippen LogP contribution in [0, 0.1) is 0 Å². The van der Waals surface area contributed by atoms with E-state index in [9.17, 15) is 9.59 Å². The second-order valence-corrected chi connectivity index (χ2v) is 7.54. The molecule has 146 valence electrons. The second kappa shape index (κ2) is 7.67. The number of benzene rings is 1. The molecule has 0 radical (unpaired) electrons. The van der Waals surface area contributed by atoms with Crippen LogP contribution < -0.4 is 9.80 Å². The summed E-state index contributed by atoms with van der Waals surface area (Å²) in [6.07, 6.45) is 5.95. The minimum absolute atomic E-state index is 0.0475. The first kappa shape index (κ1) is 18.6. The molecule has 3 heterocycles. The van der Waals surface area contributed by atoms with E-state index in [1.165, 1.54) is 0 Å². The summed E-state index contributed by atoms with van der Waals surface area (Å²) in [5.41, 5.74) is 2.75. The molecule has 1 saturated heterocycles. The second-order valence-electron chi connectivity index (χ2n) is 7.54. The topological polar surface area (TPSA) is 69.6 Å². The zero-order valence-corrected chi connectivity index (χ0v) is 16.3. The Bertz CT molecular complexity index is 878. The Balaban J connectivity index is 1.38. The molecule has 1 aromatic carbocycles. The summed E-state index contributed by atoms with van der Waals surface area (Å²) in [5, 5.41) is 0. The lowest BCUT2D eigenvalue weighted by Gasteiger charge is -2.34. The van der Waals surface area contributed by atoms with Crippen molar-refractivity contribution in [2.45, 2.75) is 26.3 Å². The van der Waals surface area contributed by atoms with E-state index in [0.29, 0.717) is 6.54 Å². The number of amides is 1. The number of carbonyl (C=O) groups is 2. The van der Waals surface area contributed by atoms with Crippen molar-refractivity contribution in [3.8, 4) is 0 Å². The number of rotatable bonds is 4. The van der Waals surface area contributed by atoms with E-state index < -0.39 is 0 Å². The maximum atomic E-state index is 12.8. The summed E-state index contributed by atoms with van der Waals surface area (Å²) in [4.78, 5) is 39.3. The lowest BCUT2D eigenvalue weighted by atomic mass is 10.0. The van der Waals surface area contributed by atoms with Gasteiger partial charge in [0.15, 0.2) is 5.78 Å². The van der Waals surface area contributed by atoms with E-state index in [0.717, 1.165) is 55.2 Å². The monoisotopic (exact) mass is 379 g/mol. The summed E-state index contributed by atoms with van der Waals surface area (Å²) < 4.78 is 0. The summed E-state index contributed by atoms with van der Waals surface area (Å²) >= 11 is 0. The van der Waals surface area contributed by atoms with Gasteiger partial charge in [-0.1, -0.05) is 0 Å². The van der Waals surface area contributed by atoms with Crippen molar-refractivity contribution in [2.24, 2.45) is 0 Å². The fourth-order valence-corrected chi connectivity index (χ4v) is 4.17. The van der Waals surface area contributed by atoms with Gasteiger partial charge in [-0.15, -0.1) is 0 Å². The molecule has 1 amide bonds. The first-order valence-electron chi connectivity index (χ1n) is 9.72. The van der Waals surface area contributed by atoms with E-state index in [2.05, 4.69) is 19.8 Å². The third kappa shape index (κ3) is 3.62. The van der Waals surface area contributed by atoms with Crippen molar-refractivity contribution in [1.82, 2.24) is 14.9 Å². The Morgan fingerprint density at radius 3 is 2.61 bits per heavy atom. The van der Waals surface area contributed by atoms with Crippen LogP contribution in [0.4, 0.5) is 11.5 Å². The molecule has 1 aromatic heterocycles. The Morgan fingerprint density at radius 1 is 1.14 bits per heavy atom. The number of anilines is 2. The molecule has 0 unspecified atom stereocenters. The number of nitrogens with zero attached hydrogens (tertiary/aromatic N) is 5. The van der Waals surface area contributed by atoms with Gasteiger partial charge >= 0.3 is 0 Å². The predicted octanol–water partition coefficient (Wildman–Crippen LogP) is 1.78. The van der Waals surface area contributed by atoms with E-state index in [-0.39, 0.29) is 17.7 Å². The molecule has 4 rings (SSSR count). The molecule has 2 aliphatic rings. The van der Waals surface area contributed by atoms with Crippen molar-refractivity contribution < 1.29 is 9.59 Å². The molecule has 7 nitrogen and oxygen atoms in total. The first-order valence-corrected chi connectivity index (χ1v) is 9.72.